The molecule has 18 heavy (non-hydrogen) atoms. The summed E-state index contributed by atoms with van der Waals surface area (Å²) >= 11 is 9.66. The Morgan fingerprint density at radius 2 is 1.94 bits per heavy atom. The SMILES string of the molecule is Nc1ccc2c(Br)nc(-c3ccccc3Cl)n2c1. The lowest BCUT2D eigenvalue weighted by atomic mass is 10.2. The first-order chi connectivity index (χ1) is 8.66. The molecule has 3 aromatic rings. The van der Waals surface area contributed by atoms with Crippen LogP contribution in [-0.2, 0) is 0 Å². The van der Waals surface area contributed by atoms with Gasteiger partial charge < -0.3 is 5.73 Å². The summed E-state index contributed by atoms with van der Waals surface area (Å²) in [6.07, 6.45) is 1.84. The largest absolute Gasteiger partial charge is 0.398 e. The quantitative estimate of drug-likeness (QED) is 0.736. The molecule has 0 radical (unpaired) electrons. The lowest BCUT2D eigenvalue weighted by molar-refractivity contribution is 1.16. The third kappa shape index (κ3) is 1.78. The number of aromatic nitrogens is 2. The lowest BCUT2D eigenvalue weighted by Crippen LogP contribution is -1.93. The summed E-state index contributed by atoms with van der Waals surface area (Å²) in [7, 11) is 0. The van der Waals surface area contributed by atoms with Crippen LogP contribution in [0, 0.1) is 0 Å². The molecule has 0 unspecified atom stereocenters. The second kappa shape index (κ2) is 4.30. The van der Waals surface area contributed by atoms with Gasteiger partial charge in [0.2, 0.25) is 0 Å². The Labute approximate surface area is 117 Å². The van der Waals surface area contributed by atoms with Crippen LogP contribution in [0.4, 0.5) is 5.69 Å². The molecule has 90 valence electrons. The van der Waals surface area contributed by atoms with Crippen LogP contribution in [0.3, 0.4) is 0 Å². The van der Waals surface area contributed by atoms with E-state index in [0.717, 1.165) is 21.5 Å². The highest BCUT2D eigenvalue weighted by molar-refractivity contribution is 9.10. The molecule has 2 aromatic heterocycles. The van der Waals surface area contributed by atoms with Crippen molar-refractivity contribution in [2.45, 2.75) is 0 Å². The molecule has 2 N–H and O–H groups in total. The van der Waals surface area contributed by atoms with Crippen LogP contribution in [0.2, 0.25) is 5.02 Å². The monoisotopic (exact) mass is 321 g/mol. The number of anilines is 1. The van der Waals surface area contributed by atoms with Crippen LogP contribution < -0.4 is 5.73 Å². The number of nitrogens with zero attached hydrogens (tertiary/aromatic N) is 2. The predicted molar refractivity (Wildman–Crippen MR) is 77.8 cm³/mol. The minimum atomic E-state index is 0.666. The van der Waals surface area contributed by atoms with Gasteiger partial charge in [0, 0.05) is 17.4 Å². The smallest absolute Gasteiger partial charge is 0.147 e. The summed E-state index contributed by atoms with van der Waals surface area (Å²) in [5, 5.41) is 0.666. The van der Waals surface area contributed by atoms with Crippen LogP contribution in [0.1, 0.15) is 0 Å². The minimum Gasteiger partial charge on any atom is -0.398 e. The molecule has 0 fully saturated rings. The molecule has 0 bridgehead atoms. The molecule has 0 spiro atoms. The standard InChI is InChI=1S/C13H9BrClN3/c14-12-11-6-5-8(16)7-18(11)13(17-12)9-3-1-2-4-10(9)15/h1-7H,16H2. The van der Waals surface area contributed by atoms with Gasteiger partial charge in [0.25, 0.3) is 0 Å². The summed E-state index contributed by atoms with van der Waals surface area (Å²) in [4.78, 5) is 4.50. The molecule has 0 saturated heterocycles. The van der Waals surface area contributed by atoms with E-state index in [4.69, 9.17) is 17.3 Å². The average Bonchev–Trinajstić information content (AvgIpc) is 2.67. The van der Waals surface area contributed by atoms with Crippen molar-refractivity contribution < 1.29 is 0 Å². The second-order valence-corrected chi connectivity index (χ2v) is 5.08. The fourth-order valence-electron chi connectivity index (χ4n) is 1.90. The molecule has 2 heterocycles. The van der Waals surface area contributed by atoms with Crippen molar-refractivity contribution in [2.75, 3.05) is 5.73 Å². The van der Waals surface area contributed by atoms with Crippen LogP contribution in [0.25, 0.3) is 16.9 Å². The van der Waals surface area contributed by atoms with Crippen molar-refractivity contribution in [3.05, 3.63) is 52.2 Å². The van der Waals surface area contributed by atoms with Crippen molar-refractivity contribution in [1.29, 1.82) is 0 Å². The Hall–Kier alpha value is -1.52. The van der Waals surface area contributed by atoms with E-state index in [2.05, 4.69) is 20.9 Å². The zero-order valence-corrected chi connectivity index (χ0v) is 11.6. The summed E-state index contributed by atoms with van der Waals surface area (Å²) in [6, 6.07) is 11.4. The van der Waals surface area contributed by atoms with Gasteiger partial charge in [0.15, 0.2) is 0 Å². The summed E-state index contributed by atoms with van der Waals surface area (Å²) in [5.41, 5.74) is 8.34. The van der Waals surface area contributed by atoms with E-state index in [1.165, 1.54) is 0 Å². The van der Waals surface area contributed by atoms with E-state index in [0.29, 0.717) is 10.7 Å². The molecule has 0 aliphatic rings. The van der Waals surface area contributed by atoms with E-state index in [9.17, 15) is 0 Å². The summed E-state index contributed by atoms with van der Waals surface area (Å²) in [5.74, 6) is 0.773. The van der Waals surface area contributed by atoms with Crippen molar-refractivity contribution >= 4 is 38.7 Å². The topological polar surface area (TPSA) is 43.3 Å². The van der Waals surface area contributed by atoms with Crippen LogP contribution in [0.15, 0.2) is 47.2 Å². The molecule has 0 atom stereocenters. The van der Waals surface area contributed by atoms with E-state index in [1.807, 2.05) is 47.0 Å². The number of fused-ring (bicyclic) bond motifs is 1. The van der Waals surface area contributed by atoms with E-state index in [1.54, 1.807) is 0 Å². The Balaban J connectivity index is 2.36. The van der Waals surface area contributed by atoms with Gasteiger partial charge >= 0.3 is 0 Å². The highest BCUT2D eigenvalue weighted by atomic mass is 79.9. The molecule has 0 saturated carbocycles. The van der Waals surface area contributed by atoms with Gasteiger partial charge in [-0.25, -0.2) is 4.98 Å². The fourth-order valence-corrected chi connectivity index (χ4v) is 2.61. The molecule has 3 nitrogen and oxygen atoms in total. The van der Waals surface area contributed by atoms with Crippen molar-refractivity contribution in [3.63, 3.8) is 0 Å². The number of hydrogen-bond acceptors (Lipinski definition) is 2. The zero-order valence-electron chi connectivity index (χ0n) is 9.27. The van der Waals surface area contributed by atoms with Crippen LogP contribution >= 0.6 is 27.5 Å². The Morgan fingerprint density at radius 3 is 2.72 bits per heavy atom. The van der Waals surface area contributed by atoms with Gasteiger partial charge in [-0.1, -0.05) is 23.7 Å². The highest BCUT2D eigenvalue weighted by Crippen LogP contribution is 2.31. The normalized spacial score (nSPS) is 11.0. The minimum absolute atomic E-state index is 0.666. The predicted octanol–water partition coefficient (Wildman–Crippen LogP) is 4.00. The first-order valence-corrected chi connectivity index (χ1v) is 6.52. The van der Waals surface area contributed by atoms with Crippen molar-refractivity contribution in [2.24, 2.45) is 0 Å². The number of benzene rings is 1. The maximum atomic E-state index is 6.21. The van der Waals surface area contributed by atoms with Gasteiger partial charge in [0.1, 0.15) is 10.4 Å². The maximum Gasteiger partial charge on any atom is 0.147 e. The molecule has 5 heteroatoms. The number of hydrogen-bond donors (Lipinski definition) is 1. The number of imidazole rings is 1. The second-order valence-electron chi connectivity index (χ2n) is 3.92. The Bertz CT molecular complexity index is 736. The third-order valence-corrected chi connectivity index (χ3v) is 3.64. The van der Waals surface area contributed by atoms with Crippen LogP contribution in [-0.4, -0.2) is 9.38 Å². The van der Waals surface area contributed by atoms with Gasteiger partial charge in [-0.05, 0) is 40.2 Å². The maximum absolute atomic E-state index is 6.21. The summed E-state index contributed by atoms with van der Waals surface area (Å²) in [6.45, 7) is 0. The first kappa shape index (κ1) is 11.6. The van der Waals surface area contributed by atoms with Gasteiger partial charge in [0.05, 0.1) is 10.5 Å². The average molecular weight is 323 g/mol. The summed E-state index contributed by atoms with van der Waals surface area (Å²) < 4.78 is 2.71. The Morgan fingerprint density at radius 1 is 1.17 bits per heavy atom. The number of pyridine rings is 1. The first-order valence-electron chi connectivity index (χ1n) is 5.35. The molecule has 0 aliphatic heterocycles. The zero-order chi connectivity index (χ0) is 12.7. The number of halogens is 2. The Kier molecular flexibility index (Phi) is 2.76. The van der Waals surface area contributed by atoms with Gasteiger partial charge in [-0.2, -0.15) is 0 Å². The lowest BCUT2D eigenvalue weighted by Gasteiger charge is -2.04. The van der Waals surface area contributed by atoms with Crippen LogP contribution in [0.5, 0.6) is 0 Å². The van der Waals surface area contributed by atoms with Gasteiger partial charge in [-0.3, -0.25) is 4.40 Å². The molecular weight excluding hydrogens is 314 g/mol. The fraction of sp³-hybridized carbons (Fsp3) is 0. The highest BCUT2D eigenvalue weighted by Gasteiger charge is 2.13. The molecule has 0 amide bonds. The number of nitrogens with two attached hydrogens (primary N) is 1. The molecule has 3 rings (SSSR count). The van der Waals surface area contributed by atoms with Gasteiger partial charge in [-0.15, -0.1) is 0 Å². The van der Waals surface area contributed by atoms with Crippen molar-refractivity contribution in [3.8, 4) is 11.4 Å². The molecular formula is C13H9BrClN3. The van der Waals surface area contributed by atoms with E-state index < -0.39 is 0 Å². The van der Waals surface area contributed by atoms with E-state index >= 15 is 0 Å². The third-order valence-electron chi connectivity index (χ3n) is 2.73. The van der Waals surface area contributed by atoms with E-state index in [-0.39, 0.29) is 0 Å². The molecule has 0 aliphatic carbocycles. The molecule has 1 aromatic carbocycles. The number of nitrogen functional groups attached to an aromatic ring is 1. The number of rotatable bonds is 1. The van der Waals surface area contributed by atoms with Crippen molar-refractivity contribution in [1.82, 2.24) is 9.38 Å².